The first-order chi connectivity index (χ1) is 9.56. The van der Waals surface area contributed by atoms with Gasteiger partial charge in [0, 0.05) is 17.3 Å². The minimum absolute atomic E-state index is 0.00863. The summed E-state index contributed by atoms with van der Waals surface area (Å²) in [5.74, 6) is 0.0411. The zero-order chi connectivity index (χ0) is 14.5. The van der Waals surface area contributed by atoms with Crippen molar-refractivity contribution >= 4 is 17.4 Å². The molecule has 0 aliphatic carbocycles. The maximum atomic E-state index is 12.0. The van der Waals surface area contributed by atoms with Crippen molar-refractivity contribution < 1.29 is 9.59 Å². The fourth-order valence-electron chi connectivity index (χ4n) is 2.57. The lowest BCUT2D eigenvalue weighted by atomic mass is 10.0. The summed E-state index contributed by atoms with van der Waals surface area (Å²) in [6.07, 6.45) is 3.59. The van der Waals surface area contributed by atoms with E-state index in [1.54, 1.807) is 24.3 Å². The maximum absolute atomic E-state index is 12.0. The summed E-state index contributed by atoms with van der Waals surface area (Å²) < 4.78 is 0. The lowest BCUT2D eigenvalue weighted by Crippen LogP contribution is -2.42. The van der Waals surface area contributed by atoms with Gasteiger partial charge in [-0.15, -0.1) is 0 Å². The number of hydrogen-bond acceptors (Lipinski definition) is 3. The van der Waals surface area contributed by atoms with E-state index < -0.39 is 0 Å². The van der Waals surface area contributed by atoms with E-state index in [9.17, 15) is 9.59 Å². The van der Waals surface area contributed by atoms with Gasteiger partial charge in [-0.3, -0.25) is 14.5 Å². The number of carbonyl (C=O) groups excluding carboxylic acids is 2. The predicted molar refractivity (Wildman–Crippen MR) is 80.0 cm³/mol. The summed E-state index contributed by atoms with van der Waals surface area (Å²) in [5, 5.41) is 2.88. The number of benzene rings is 1. The molecule has 2 rings (SSSR count). The van der Waals surface area contributed by atoms with Gasteiger partial charge in [-0.2, -0.15) is 0 Å². The maximum Gasteiger partial charge on any atom is 0.238 e. The number of carbonyl (C=O) groups is 2. The molecule has 1 aliphatic heterocycles. The highest BCUT2D eigenvalue weighted by atomic mass is 16.2. The average molecular weight is 274 g/mol. The SMILES string of the molecule is CC(=O)c1ccc(NC(=O)CN2CCCC[C@H]2C)cc1. The summed E-state index contributed by atoms with van der Waals surface area (Å²) in [6, 6.07) is 7.50. The number of likely N-dealkylation sites (tertiary alicyclic amines) is 1. The largest absolute Gasteiger partial charge is 0.325 e. The molecule has 108 valence electrons. The second kappa shape index (κ2) is 6.66. The van der Waals surface area contributed by atoms with Crippen LogP contribution in [-0.2, 0) is 4.79 Å². The molecule has 1 heterocycles. The van der Waals surface area contributed by atoms with Crippen molar-refractivity contribution in [2.45, 2.75) is 39.2 Å². The summed E-state index contributed by atoms with van der Waals surface area (Å²) >= 11 is 0. The number of rotatable bonds is 4. The van der Waals surface area contributed by atoms with Crippen molar-refractivity contribution in [2.75, 3.05) is 18.4 Å². The van der Waals surface area contributed by atoms with Crippen molar-refractivity contribution in [3.63, 3.8) is 0 Å². The van der Waals surface area contributed by atoms with Crippen LogP contribution in [0.3, 0.4) is 0 Å². The van der Waals surface area contributed by atoms with Crippen molar-refractivity contribution in [1.82, 2.24) is 4.90 Å². The molecule has 0 radical (unpaired) electrons. The molecule has 1 aliphatic rings. The molecule has 20 heavy (non-hydrogen) atoms. The molecule has 4 nitrogen and oxygen atoms in total. The molecule has 0 bridgehead atoms. The molecule has 0 aromatic heterocycles. The lowest BCUT2D eigenvalue weighted by Gasteiger charge is -2.32. The van der Waals surface area contributed by atoms with Crippen LogP contribution in [0.1, 0.15) is 43.5 Å². The third-order valence-electron chi connectivity index (χ3n) is 3.86. The van der Waals surface area contributed by atoms with E-state index in [1.165, 1.54) is 26.2 Å². The van der Waals surface area contributed by atoms with E-state index in [0.717, 1.165) is 12.2 Å². The molecule has 0 unspecified atom stereocenters. The van der Waals surface area contributed by atoms with Crippen LogP contribution in [0, 0.1) is 0 Å². The lowest BCUT2D eigenvalue weighted by molar-refractivity contribution is -0.118. The molecule has 0 saturated carbocycles. The summed E-state index contributed by atoms with van der Waals surface area (Å²) in [5.41, 5.74) is 1.40. The minimum atomic E-state index is 0.00863. The smallest absolute Gasteiger partial charge is 0.238 e. The highest BCUT2D eigenvalue weighted by Gasteiger charge is 2.20. The standard InChI is InChI=1S/C16H22N2O2/c1-12-5-3-4-10-18(12)11-16(20)17-15-8-6-14(7-9-15)13(2)19/h6-9,12H,3-5,10-11H2,1-2H3,(H,17,20)/t12-/m1/s1. The monoisotopic (exact) mass is 274 g/mol. The first-order valence-electron chi connectivity index (χ1n) is 7.21. The van der Waals surface area contributed by atoms with Gasteiger partial charge in [0.15, 0.2) is 5.78 Å². The Morgan fingerprint density at radius 1 is 1.25 bits per heavy atom. The van der Waals surface area contributed by atoms with Crippen molar-refractivity contribution in [3.05, 3.63) is 29.8 Å². The van der Waals surface area contributed by atoms with E-state index in [4.69, 9.17) is 0 Å². The van der Waals surface area contributed by atoms with E-state index >= 15 is 0 Å². The molecule has 1 fully saturated rings. The van der Waals surface area contributed by atoms with E-state index in [0.29, 0.717) is 18.2 Å². The molecular formula is C16H22N2O2. The van der Waals surface area contributed by atoms with Gasteiger partial charge in [-0.1, -0.05) is 6.42 Å². The van der Waals surface area contributed by atoms with E-state index in [1.807, 2.05) is 0 Å². The Balaban J connectivity index is 1.89. The Bertz CT molecular complexity index is 482. The highest BCUT2D eigenvalue weighted by Crippen LogP contribution is 2.16. The van der Waals surface area contributed by atoms with Gasteiger partial charge in [0.05, 0.1) is 6.54 Å². The van der Waals surface area contributed by atoms with Crippen LogP contribution in [0.25, 0.3) is 0 Å². The Morgan fingerprint density at radius 3 is 2.55 bits per heavy atom. The zero-order valence-corrected chi connectivity index (χ0v) is 12.2. The van der Waals surface area contributed by atoms with E-state index in [2.05, 4.69) is 17.1 Å². The fourth-order valence-corrected chi connectivity index (χ4v) is 2.57. The second-order valence-corrected chi connectivity index (χ2v) is 5.50. The molecule has 1 atom stereocenters. The van der Waals surface area contributed by atoms with Gasteiger partial charge < -0.3 is 5.32 Å². The number of anilines is 1. The third kappa shape index (κ3) is 3.90. The van der Waals surface area contributed by atoms with Gasteiger partial charge in [0.1, 0.15) is 0 Å². The molecule has 1 N–H and O–H groups in total. The Hall–Kier alpha value is -1.68. The zero-order valence-electron chi connectivity index (χ0n) is 12.2. The molecule has 1 aromatic carbocycles. The van der Waals surface area contributed by atoms with Crippen molar-refractivity contribution in [2.24, 2.45) is 0 Å². The Labute approximate surface area is 120 Å². The van der Waals surface area contributed by atoms with Crippen LogP contribution >= 0.6 is 0 Å². The summed E-state index contributed by atoms with van der Waals surface area (Å²) in [4.78, 5) is 25.4. The van der Waals surface area contributed by atoms with E-state index in [-0.39, 0.29) is 11.7 Å². The summed E-state index contributed by atoms with van der Waals surface area (Å²) in [7, 11) is 0. The number of nitrogens with one attached hydrogen (secondary N) is 1. The topological polar surface area (TPSA) is 49.4 Å². The number of hydrogen-bond donors (Lipinski definition) is 1. The third-order valence-corrected chi connectivity index (χ3v) is 3.86. The number of ketones is 1. The molecule has 1 aromatic rings. The van der Waals surface area contributed by atoms with Crippen LogP contribution in [0.5, 0.6) is 0 Å². The molecule has 1 amide bonds. The molecule has 0 spiro atoms. The summed E-state index contributed by atoms with van der Waals surface area (Å²) in [6.45, 7) is 5.15. The van der Waals surface area contributed by atoms with Crippen molar-refractivity contribution in [3.8, 4) is 0 Å². The number of piperidine rings is 1. The van der Waals surface area contributed by atoms with Crippen LogP contribution in [-0.4, -0.2) is 35.7 Å². The van der Waals surface area contributed by atoms with Crippen LogP contribution in [0.15, 0.2) is 24.3 Å². The number of Topliss-reactive ketones (excluding diaryl/α,β-unsaturated/α-hetero) is 1. The first-order valence-corrected chi connectivity index (χ1v) is 7.21. The van der Waals surface area contributed by atoms with Crippen LogP contribution in [0.4, 0.5) is 5.69 Å². The Morgan fingerprint density at radius 2 is 1.95 bits per heavy atom. The number of nitrogens with zero attached hydrogens (tertiary/aromatic N) is 1. The van der Waals surface area contributed by atoms with Gasteiger partial charge >= 0.3 is 0 Å². The molecular weight excluding hydrogens is 252 g/mol. The number of amides is 1. The first kappa shape index (κ1) is 14.7. The minimum Gasteiger partial charge on any atom is -0.325 e. The van der Waals surface area contributed by atoms with Gasteiger partial charge in [-0.25, -0.2) is 0 Å². The van der Waals surface area contributed by atoms with Gasteiger partial charge in [0.2, 0.25) is 5.91 Å². The fraction of sp³-hybridized carbons (Fsp3) is 0.500. The highest BCUT2D eigenvalue weighted by molar-refractivity contribution is 5.96. The van der Waals surface area contributed by atoms with Crippen LogP contribution < -0.4 is 5.32 Å². The van der Waals surface area contributed by atoms with Gasteiger partial charge in [0.25, 0.3) is 0 Å². The normalized spacial score (nSPS) is 19.6. The molecule has 4 heteroatoms. The molecule has 1 saturated heterocycles. The van der Waals surface area contributed by atoms with Crippen LogP contribution in [0.2, 0.25) is 0 Å². The van der Waals surface area contributed by atoms with Crippen molar-refractivity contribution in [1.29, 1.82) is 0 Å². The second-order valence-electron chi connectivity index (χ2n) is 5.50. The van der Waals surface area contributed by atoms with Gasteiger partial charge in [-0.05, 0) is 57.5 Å². The average Bonchev–Trinajstić information content (AvgIpc) is 2.42. The predicted octanol–water partition coefficient (Wildman–Crippen LogP) is 2.70. The quantitative estimate of drug-likeness (QED) is 0.859. The Kier molecular flexibility index (Phi) is 4.90.